The van der Waals surface area contributed by atoms with Crippen molar-refractivity contribution < 1.29 is 13.6 Å². The third kappa shape index (κ3) is 3.00. The van der Waals surface area contributed by atoms with E-state index in [1.165, 1.54) is 18.2 Å². The second-order valence-electron chi connectivity index (χ2n) is 6.78. The van der Waals surface area contributed by atoms with Gasteiger partial charge in [-0.1, -0.05) is 13.0 Å². The molecule has 1 aliphatic rings. The molecule has 0 radical (unpaired) electrons. The Balaban J connectivity index is 2.34. The summed E-state index contributed by atoms with van der Waals surface area (Å²) in [6.07, 6.45) is 2.15. The Labute approximate surface area is 130 Å². The van der Waals surface area contributed by atoms with Gasteiger partial charge in [0.2, 0.25) is 5.91 Å². The van der Waals surface area contributed by atoms with Crippen LogP contribution in [-0.4, -0.2) is 42.9 Å². The average molecular weight is 310 g/mol. The molecule has 5 heteroatoms. The van der Waals surface area contributed by atoms with Crippen LogP contribution in [0, 0.1) is 17.0 Å². The van der Waals surface area contributed by atoms with Crippen LogP contribution in [0.3, 0.4) is 0 Å². The van der Waals surface area contributed by atoms with Crippen molar-refractivity contribution >= 4 is 5.91 Å². The van der Waals surface area contributed by atoms with E-state index in [1.807, 2.05) is 6.92 Å². The van der Waals surface area contributed by atoms with Crippen LogP contribution in [0.5, 0.6) is 0 Å². The van der Waals surface area contributed by atoms with Crippen molar-refractivity contribution in [1.82, 2.24) is 9.80 Å². The summed E-state index contributed by atoms with van der Waals surface area (Å²) in [6.45, 7) is 4.13. The standard InChI is InChI=1S/C17H24F2N2O/c1-11(17(2)9-10-17)21(5)16(22)15(20(3)4)14-12(18)7-6-8-13(14)19/h6-8,11,15H,9-10H2,1-5H3/t11-,15+/m1/s1. The zero-order chi connectivity index (χ0) is 16.7. The maximum Gasteiger partial charge on any atom is 0.244 e. The van der Waals surface area contributed by atoms with Crippen molar-refractivity contribution in [3.8, 4) is 0 Å². The van der Waals surface area contributed by atoms with Gasteiger partial charge in [0.25, 0.3) is 0 Å². The number of hydrogen-bond acceptors (Lipinski definition) is 2. The predicted molar refractivity (Wildman–Crippen MR) is 82.4 cm³/mol. The summed E-state index contributed by atoms with van der Waals surface area (Å²) in [4.78, 5) is 16.0. The van der Waals surface area contributed by atoms with Crippen LogP contribution in [0.25, 0.3) is 0 Å². The number of carbonyl (C=O) groups excluding carboxylic acids is 1. The highest BCUT2D eigenvalue weighted by Crippen LogP contribution is 2.49. The Hall–Kier alpha value is -1.49. The minimum Gasteiger partial charge on any atom is -0.341 e. The number of amides is 1. The van der Waals surface area contributed by atoms with Gasteiger partial charge in [-0.15, -0.1) is 0 Å². The Bertz CT molecular complexity index is 550. The van der Waals surface area contributed by atoms with Crippen LogP contribution in [0.2, 0.25) is 0 Å². The highest BCUT2D eigenvalue weighted by molar-refractivity contribution is 5.83. The lowest BCUT2D eigenvalue weighted by atomic mass is 9.97. The first-order valence-corrected chi connectivity index (χ1v) is 7.56. The first-order chi connectivity index (χ1) is 10.2. The van der Waals surface area contributed by atoms with Gasteiger partial charge in [-0.05, 0) is 51.4 Å². The number of benzene rings is 1. The maximum absolute atomic E-state index is 14.1. The molecule has 0 heterocycles. The fourth-order valence-electron chi connectivity index (χ4n) is 2.84. The molecule has 0 spiro atoms. The summed E-state index contributed by atoms with van der Waals surface area (Å²) in [5, 5.41) is 0. The van der Waals surface area contributed by atoms with Gasteiger partial charge in [0, 0.05) is 13.1 Å². The molecule has 1 fully saturated rings. The highest BCUT2D eigenvalue weighted by atomic mass is 19.1. The molecule has 0 unspecified atom stereocenters. The van der Waals surface area contributed by atoms with Crippen molar-refractivity contribution in [2.45, 2.75) is 38.8 Å². The SMILES string of the molecule is C[C@@H](N(C)C(=O)[C@H](c1c(F)cccc1F)N(C)C)C1(C)CC1. The van der Waals surface area contributed by atoms with E-state index in [9.17, 15) is 13.6 Å². The topological polar surface area (TPSA) is 23.6 Å². The number of likely N-dealkylation sites (N-methyl/N-ethyl adjacent to an activating group) is 2. The normalized spacial score (nSPS) is 18.9. The molecule has 2 atom stereocenters. The first-order valence-electron chi connectivity index (χ1n) is 7.56. The van der Waals surface area contributed by atoms with Crippen LogP contribution in [0.1, 0.15) is 38.3 Å². The van der Waals surface area contributed by atoms with Gasteiger partial charge in [0.05, 0.1) is 5.56 Å². The summed E-state index contributed by atoms with van der Waals surface area (Å²) < 4.78 is 28.2. The molecular weight excluding hydrogens is 286 g/mol. The van der Waals surface area contributed by atoms with E-state index in [4.69, 9.17) is 0 Å². The van der Waals surface area contributed by atoms with Gasteiger partial charge < -0.3 is 4.90 Å². The van der Waals surface area contributed by atoms with Crippen molar-refractivity contribution in [3.63, 3.8) is 0 Å². The second-order valence-corrected chi connectivity index (χ2v) is 6.78. The largest absolute Gasteiger partial charge is 0.341 e. The third-order valence-electron chi connectivity index (χ3n) is 5.00. The number of rotatable bonds is 5. The minimum atomic E-state index is -0.962. The number of nitrogens with zero attached hydrogens (tertiary/aromatic N) is 2. The van der Waals surface area contributed by atoms with Gasteiger partial charge in [0.1, 0.15) is 17.7 Å². The third-order valence-corrected chi connectivity index (χ3v) is 5.00. The molecule has 0 N–H and O–H groups in total. The fraction of sp³-hybridized carbons (Fsp3) is 0.588. The van der Waals surface area contributed by atoms with Gasteiger partial charge in [0.15, 0.2) is 0 Å². The highest BCUT2D eigenvalue weighted by Gasteiger charge is 2.46. The molecule has 3 nitrogen and oxygen atoms in total. The summed E-state index contributed by atoms with van der Waals surface area (Å²) in [5.74, 6) is -1.66. The predicted octanol–water partition coefficient (Wildman–Crippen LogP) is 3.21. The van der Waals surface area contributed by atoms with Gasteiger partial charge in [-0.2, -0.15) is 0 Å². The van der Waals surface area contributed by atoms with Crippen LogP contribution in [0.15, 0.2) is 18.2 Å². The van der Waals surface area contributed by atoms with E-state index in [0.717, 1.165) is 12.8 Å². The minimum absolute atomic E-state index is 0.0392. The number of carbonyl (C=O) groups is 1. The Kier molecular flexibility index (Phi) is 4.57. The molecule has 1 amide bonds. The van der Waals surface area contributed by atoms with Gasteiger partial charge >= 0.3 is 0 Å². The van der Waals surface area contributed by atoms with Crippen LogP contribution in [0.4, 0.5) is 8.78 Å². The van der Waals surface area contributed by atoms with E-state index in [-0.39, 0.29) is 22.9 Å². The van der Waals surface area contributed by atoms with E-state index >= 15 is 0 Å². The van der Waals surface area contributed by atoms with Crippen molar-refractivity contribution in [2.75, 3.05) is 21.1 Å². The number of hydrogen-bond donors (Lipinski definition) is 0. The second kappa shape index (κ2) is 5.95. The molecule has 0 bridgehead atoms. The Morgan fingerprint density at radius 1 is 1.18 bits per heavy atom. The van der Waals surface area contributed by atoms with Crippen LogP contribution in [-0.2, 0) is 4.79 Å². The Morgan fingerprint density at radius 2 is 1.68 bits per heavy atom. The Morgan fingerprint density at radius 3 is 2.09 bits per heavy atom. The molecule has 22 heavy (non-hydrogen) atoms. The summed E-state index contributed by atoms with van der Waals surface area (Å²) >= 11 is 0. The van der Waals surface area contributed by atoms with Crippen molar-refractivity contribution in [2.24, 2.45) is 5.41 Å². The summed E-state index contributed by atoms with van der Waals surface area (Å²) in [5.41, 5.74) is -0.0628. The van der Waals surface area contributed by atoms with E-state index in [2.05, 4.69) is 6.92 Å². The lowest BCUT2D eigenvalue weighted by Crippen LogP contribution is -2.46. The van der Waals surface area contributed by atoms with E-state index in [1.54, 1.807) is 30.9 Å². The molecule has 1 aliphatic carbocycles. The summed E-state index contributed by atoms with van der Waals surface area (Å²) in [6, 6.07) is 2.76. The first kappa shape index (κ1) is 16.9. The van der Waals surface area contributed by atoms with Crippen molar-refractivity contribution in [3.05, 3.63) is 35.4 Å². The van der Waals surface area contributed by atoms with Gasteiger partial charge in [-0.3, -0.25) is 9.69 Å². The zero-order valence-electron chi connectivity index (χ0n) is 13.9. The van der Waals surface area contributed by atoms with Gasteiger partial charge in [-0.25, -0.2) is 8.78 Å². The molecule has 0 saturated heterocycles. The maximum atomic E-state index is 14.1. The molecule has 1 saturated carbocycles. The quantitative estimate of drug-likeness (QED) is 0.834. The van der Waals surface area contributed by atoms with Crippen LogP contribution >= 0.6 is 0 Å². The smallest absolute Gasteiger partial charge is 0.244 e. The zero-order valence-corrected chi connectivity index (χ0v) is 13.9. The lowest BCUT2D eigenvalue weighted by molar-refractivity contribution is -0.138. The van der Waals surface area contributed by atoms with E-state index in [0.29, 0.717) is 0 Å². The molecule has 0 aromatic heterocycles. The van der Waals surface area contributed by atoms with Crippen molar-refractivity contribution in [1.29, 1.82) is 0 Å². The number of halogens is 2. The molecule has 1 aromatic carbocycles. The molecule has 122 valence electrons. The average Bonchev–Trinajstić information content (AvgIpc) is 3.19. The lowest BCUT2D eigenvalue weighted by Gasteiger charge is -2.35. The van der Waals surface area contributed by atoms with Crippen LogP contribution < -0.4 is 0 Å². The summed E-state index contributed by atoms with van der Waals surface area (Å²) in [7, 11) is 5.03. The molecular formula is C17H24F2N2O. The molecule has 2 rings (SSSR count). The fourth-order valence-corrected chi connectivity index (χ4v) is 2.84. The molecule has 1 aromatic rings. The van der Waals surface area contributed by atoms with E-state index < -0.39 is 17.7 Å². The molecule has 0 aliphatic heterocycles. The monoisotopic (exact) mass is 310 g/mol.